The Morgan fingerprint density at radius 2 is 1.69 bits per heavy atom. The highest BCUT2D eigenvalue weighted by molar-refractivity contribution is 6.62. The lowest BCUT2D eigenvalue weighted by Gasteiger charge is -2.32. The third-order valence-corrected chi connectivity index (χ3v) is 5.64. The van der Waals surface area contributed by atoms with Crippen molar-refractivity contribution in [1.82, 2.24) is 0 Å². The minimum absolute atomic E-state index is 0.319. The van der Waals surface area contributed by atoms with Gasteiger partial charge in [0.05, 0.1) is 11.2 Å². The SMILES string of the molecule is CNc1ccc(B2OC(C)(C)C(C)(C)O2)c(F)c1.O=CC1CCCCC1. The zero-order valence-electron chi connectivity index (χ0n) is 16.6. The largest absolute Gasteiger partial charge is 0.497 e. The molecule has 0 bridgehead atoms. The smallest absolute Gasteiger partial charge is 0.399 e. The normalized spacial score (nSPS) is 21.7. The van der Waals surface area contributed by atoms with Crippen molar-refractivity contribution in [2.45, 2.75) is 71.0 Å². The summed E-state index contributed by atoms with van der Waals surface area (Å²) in [5.74, 6) is 0.0871. The van der Waals surface area contributed by atoms with Crippen LogP contribution in [0.25, 0.3) is 0 Å². The molecule has 144 valence electrons. The minimum atomic E-state index is -0.652. The van der Waals surface area contributed by atoms with Crippen molar-refractivity contribution in [2.75, 3.05) is 12.4 Å². The maximum absolute atomic E-state index is 14.0. The van der Waals surface area contributed by atoms with E-state index in [0.717, 1.165) is 24.8 Å². The predicted octanol–water partition coefficient (Wildman–Crippen LogP) is 3.93. The van der Waals surface area contributed by atoms with Gasteiger partial charge < -0.3 is 19.4 Å². The van der Waals surface area contributed by atoms with Gasteiger partial charge in [-0.3, -0.25) is 0 Å². The van der Waals surface area contributed by atoms with Gasteiger partial charge in [-0.05, 0) is 52.7 Å². The summed E-state index contributed by atoms with van der Waals surface area (Å²) in [5, 5.41) is 2.90. The Bertz CT molecular complexity index is 599. The van der Waals surface area contributed by atoms with Crippen LogP contribution in [0.1, 0.15) is 59.8 Å². The number of aldehydes is 1. The van der Waals surface area contributed by atoms with Gasteiger partial charge in [-0.2, -0.15) is 0 Å². The van der Waals surface area contributed by atoms with E-state index in [9.17, 15) is 9.18 Å². The first-order valence-corrected chi connectivity index (χ1v) is 9.48. The van der Waals surface area contributed by atoms with Crippen molar-refractivity contribution in [1.29, 1.82) is 0 Å². The fourth-order valence-electron chi connectivity index (χ4n) is 3.11. The first-order chi connectivity index (χ1) is 12.2. The Hall–Kier alpha value is -1.40. The molecule has 0 radical (unpaired) electrons. The van der Waals surface area contributed by atoms with Crippen LogP contribution in [-0.4, -0.2) is 31.7 Å². The summed E-state index contributed by atoms with van der Waals surface area (Å²) in [4.78, 5) is 10.2. The molecule has 0 spiro atoms. The van der Waals surface area contributed by atoms with Crippen LogP contribution in [0.5, 0.6) is 0 Å². The molecular formula is C20H31BFNO3. The molecule has 1 aliphatic carbocycles. The number of anilines is 1. The molecule has 4 nitrogen and oxygen atoms in total. The molecule has 2 fully saturated rings. The molecule has 1 aromatic rings. The highest BCUT2D eigenvalue weighted by Gasteiger charge is 2.52. The topological polar surface area (TPSA) is 47.6 Å². The lowest BCUT2D eigenvalue weighted by molar-refractivity contribution is -0.111. The third-order valence-electron chi connectivity index (χ3n) is 5.64. The van der Waals surface area contributed by atoms with Gasteiger partial charge in [0.25, 0.3) is 0 Å². The monoisotopic (exact) mass is 363 g/mol. The van der Waals surface area contributed by atoms with Crippen molar-refractivity contribution >= 4 is 24.6 Å². The summed E-state index contributed by atoms with van der Waals surface area (Å²) in [6, 6.07) is 4.95. The van der Waals surface area contributed by atoms with Crippen molar-refractivity contribution in [2.24, 2.45) is 5.92 Å². The van der Waals surface area contributed by atoms with Gasteiger partial charge in [-0.1, -0.05) is 25.3 Å². The average Bonchev–Trinajstić information content (AvgIpc) is 2.83. The minimum Gasteiger partial charge on any atom is -0.399 e. The van der Waals surface area contributed by atoms with Crippen LogP contribution >= 0.6 is 0 Å². The van der Waals surface area contributed by atoms with E-state index in [1.165, 1.54) is 25.3 Å². The van der Waals surface area contributed by atoms with Crippen LogP contribution in [0.3, 0.4) is 0 Å². The number of carbonyl (C=O) groups excluding carboxylic acids is 1. The maximum Gasteiger partial charge on any atom is 0.497 e. The summed E-state index contributed by atoms with van der Waals surface area (Å²) < 4.78 is 25.6. The lowest BCUT2D eigenvalue weighted by atomic mass is 9.78. The number of benzene rings is 1. The molecule has 6 heteroatoms. The Morgan fingerprint density at radius 1 is 1.12 bits per heavy atom. The molecule has 2 aliphatic rings. The number of hydrogen-bond acceptors (Lipinski definition) is 4. The van der Waals surface area contributed by atoms with E-state index < -0.39 is 18.3 Å². The molecule has 1 saturated carbocycles. The number of carbonyl (C=O) groups is 1. The summed E-state index contributed by atoms with van der Waals surface area (Å²) >= 11 is 0. The van der Waals surface area contributed by atoms with Gasteiger partial charge in [-0.25, -0.2) is 4.39 Å². The van der Waals surface area contributed by atoms with Gasteiger partial charge in [0, 0.05) is 24.1 Å². The van der Waals surface area contributed by atoms with E-state index in [1.807, 2.05) is 33.8 Å². The maximum atomic E-state index is 14.0. The molecule has 3 rings (SSSR count). The molecule has 0 amide bonds. The zero-order chi connectivity index (χ0) is 19.4. The van der Waals surface area contributed by atoms with Crippen LogP contribution in [0.15, 0.2) is 18.2 Å². The predicted molar refractivity (Wildman–Crippen MR) is 104 cm³/mol. The summed E-state index contributed by atoms with van der Waals surface area (Å²) in [7, 11) is 1.10. The highest BCUT2D eigenvalue weighted by Crippen LogP contribution is 2.36. The van der Waals surface area contributed by atoms with Crippen molar-refractivity contribution in [3.8, 4) is 0 Å². The number of nitrogens with one attached hydrogen (secondary N) is 1. The van der Waals surface area contributed by atoms with Crippen LogP contribution in [0.4, 0.5) is 10.1 Å². The first-order valence-electron chi connectivity index (χ1n) is 9.48. The van der Waals surface area contributed by atoms with Gasteiger partial charge in [0.1, 0.15) is 12.1 Å². The van der Waals surface area contributed by atoms with Crippen molar-refractivity contribution in [3.05, 3.63) is 24.0 Å². The van der Waals surface area contributed by atoms with Crippen LogP contribution < -0.4 is 10.8 Å². The highest BCUT2D eigenvalue weighted by atomic mass is 19.1. The van der Waals surface area contributed by atoms with Crippen LogP contribution in [0, 0.1) is 11.7 Å². The second-order valence-electron chi connectivity index (χ2n) is 8.11. The second kappa shape index (κ2) is 8.53. The molecule has 1 N–H and O–H groups in total. The van der Waals surface area contributed by atoms with Gasteiger partial charge in [0.2, 0.25) is 0 Å². The fourth-order valence-corrected chi connectivity index (χ4v) is 3.11. The average molecular weight is 363 g/mol. The molecule has 1 aromatic carbocycles. The van der Waals surface area contributed by atoms with E-state index in [0.29, 0.717) is 11.4 Å². The molecule has 1 heterocycles. The number of hydrogen-bond donors (Lipinski definition) is 1. The standard InChI is InChI=1S/C13H19BFNO2.C7H12O/c1-12(2)13(3,4)18-14(17-12)10-7-6-9(16-5)8-11(10)15;8-6-7-4-2-1-3-5-7/h6-8,16H,1-5H3;6-7H,1-5H2. The quantitative estimate of drug-likeness (QED) is 0.653. The van der Waals surface area contributed by atoms with E-state index >= 15 is 0 Å². The molecule has 0 unspecified atom stereocenters. The van der Waals surface area contributed by atoms with Crippen molar-refractivity contribution < 1.29 is 18.5 Å². The van der Waals surface area contributed by atoms with E-state index in [1.54, 1.807) is 13.1 Å². The molecule has 0 atom stereocenters. The first kappa shape index (κ1) is 20.9. The fraction of sp³-hybridized carbons (Fsp3) is 0.650. The third kappa shape index (κ3) is 4.86. The van der Waals surface area contributed by atoms with Gasteiger partial charge >= 0.3 is 7.12 Å². The van der Waals surface area contributed by atoms with E-state index in [-0.39, 0.29) is 5.82 Å². The molecule has 0 aromatic heterocycles. The van der Waals surface area contributed by atoms with Crippen LogP contribution in [0.2, 0.25) is 0 Å². The van der Waals surface area contributed by atoms with E-state index in [4.69, 9.17) is 9.31 Å². The molecular weight excluding hydrogens is 332 g/mol. The van der Waals surface area contributed by atoms with Crippen LogP contribution in [-0.2, 0) is 14.1 Å². The van der Waals surface area contributed by atoms with Gasteiger partial charge in [0.15, 0.2) is 0 Å². The Labute approximate surface area is 157 Å². The van der Waals surface area contributed by atoms with Crippen molar-refractivity contribution in [3.63, 3.8) is 0 Å². The van der Waals surface area contributed by atoms with E-state index in [2.05, 4.69) is 5.32 Å². The summed E-state index contributed by atoms with van der Waals surface area (Å²) in [6.07, 6.45) is 7.27. The second-order valence-corrected chi connectivity index (χ2v) is 8.11. The molecule has 1 aliphatic heterocycles. The summed E-state index contributed by atoms with van der Waals surface area (Å²) in [5.41, 5.74) is 0.262. The lowest BCUT2D eigenvalue weighted by Crippen LogP contribution is -2.41. The Kier molecular flexibility index (Phi) is 6.86. The zero-order valence-corrected chi connectivity index (χ0v) is 16.6. The van der Waals surface area contributed by atoms with Gasteiger partial charge in [-0.15, -0.1) is 0 Å². The molecule has 1 saturated heterocycles. The molecule has 26 heavy (non-hydrogen) atoms. The number of rotatable bonds is 3. The number of halogens is 1. The Balaban J connectivity index is 0.000000254. The Morgan fingerprint density at radius 3 is 2.12 bits per heavy atom. The summed E-state index contributed by atoms with van der Waals surface area (Å²) in [6.45, 7) is 7.81.